The Kier molecular flexibility index (Phi) is 3.31. The van der Waals surface area contributed by atoms with E-state index in [0.717, 1.165) is 30.2 Å². The molecule has 0 saturated heterocycles. The molecule has 0 spiro atoms. The molecule has 0 saturated carbocycles. The van der Waals surface area contributed by atoms with Gasteiger partial charge in [-0.05, 0) is 19.2 Å². The van der Waals surface area contributed by atoms with E-state index < -0.39 is 0 Å². The molecule has 2 aromatic rings. The van der Waals surface area contributed by atoms with Gasteiger partial charge in [0.05, 0.1) is 17.6 Å². The third kappa shape index (κ3) is 2.12. The summed E-state index contributed by atoms with van der Waals surface area (Å²) in [4.78, 5) is 8.74. The van der Waals surface area contributed by atoms with E-state index in [4.69, 9.17) is 0 Å². The summed E-state index contributed by atoms with van der Waals surface area (Å²) < 4.78 is 2.10. The van der Waals surface area contributed by atoms with Crippen molar-refractivity contribution in [3.8, 4) is 11.4 Å². The van der Waals surface area contributed by atoms with E-state index in [-0.39, 0.29) is 0 Å². The normalized spacial score (nSPS) is 10.6. The fraction of sp³-hybridized carbons (Fsp3) is 0.333. The largest absolute Gasteiger partial charge is 0.330 e. The molecule has 0 unspecified atom stereocenters. The number of imidazole rings is 1. The molecule has 0 amide bonds. The minimum absolute atomic E-state index is 0.930. The van der Waals surface area contributed by atoms with E-state index in [2.05, 4.69) is 19.9 Å². The summed E-state index contributed by atoms with van der Waals surface area (Å²) >= 11 is 0. The van der Waals surface area contributed by atoms with Gasteiger partial charge in [0, 0.05) is 26.2 Å². The first-order valence-electron chi connectivity index (χ1n) is 5.39. The summed E-state index contributed by atoms with van der Waals surface area (Å²) in [6, 6.07) is 5.91. The first-order valence-corrected chi connectivity index (χ1v) is 5.39. The minimum atomic E-state index is 0.930. The average molecular weight is 216 g/mol. The highest BCUT2D eigenvalue weighted by molar-refractivity contribution is 5.53. The Balaban J connectivity index is 2.27. The van der Waals surface area contributed by atoms with Crippen LogP contribution in [0.4, 0.5) is 0 Å². The van der Waals surface area contributed by atoms with Crippen LogP contribution in [0, 0.1) is 0 Å². The smallest absolute Gasteiger partial charge is 0.110 e. The Morgan fingerprint density at radius 2 is 2.19 bits per heavy atom. The van der Waals surface area contributed by atoms with E-state index in [9.17, 15) is 0 Å². The Labute approximate surface area is 95.4 Å². The van der Waals surface area contributed by atoms with Crippen LogP contribution in [0.2, 0.25) is 0 Å². The standard InChI is InChI=1S/C12H16N4/c1-13-8-6-12-15-9-11(16(12)2)10-5-3-4-7-14-10/h3-5,7,9,13H,6,8H2,1-2H3. The van der Waals surface area contributed by atoms with Crippen molar-refractivity contribution in [1.82, 2.24) is 19.9 Å². The molecule has 1 N–H and O–H groups in total. The summed E-state index contributed by atoms with van der Waals surface area (Å²) in [6.07, 6.45) is 4.61. The van der Waals surface area contributed by atoms with E-state index in [1.54, 1.807) is 6.20 Å². The number of nitrogens with one attached hydrogen (secondary N) is 1. The SMILES string of the molecule is CNCCc1ncc(-c2ccccn2)n1C. The van der Waals surface area contributed by atoms with Gasteiger partial charge >= 0.3 is 0 Å². The maximum Gasteiger partial charge on any atom is 0.110 e. The first kappa shape index (κ1) is 10.8. The van der Waals surface area contributed by atoms with Gasteiger partial charge in [0.1, 0.15) is 5.82 Å². The zero-order valence-electron chi connectivity index (χ0n) is 9.64. The fourth-order valence-corrected chi connectivity index (χ4v) is 1.67. The monoisotopic (exact) mass is 216 g/mol. The zero-order chi connectivity index (χ0) is 11.4. The molecule has 0 aliphatic rings. The Hall–Kier alpha value is -1.68. The molecule has 2 rings (SSSR count). The molecular formula is C12H16N4. The summed E-state index contributed by atoms with van der Waals surface area (Å²) in [5.74, 6) is 1.08. The van der Waals surface area contributed by atoms with Crippen LogP contribution in [-0.2, 0) is 13.5 Å². The topological polar surface area (TPSA) is 42.7 Å². The van der Waals surface area contributed by atoms with Crippen molar-refractivity contribution in [2.24, 2.45) is 7.05 Å². The molecule has 0 aliphatic carbocycles. The molecule has 0 bridgehead atoms. The third-order valence-corrected chi connectivity index (χ3v) is 2.61. The second kappa shape index (κ2) is 4.90. The number of likely N-dealkylation sites (N-methyl/N-ethyl adjacent to an activating group) is 1. The predicted molar refractivity (Wildman–Crippen MR) is 64.1 cm³/mol. The van der Waals surface area contributed by atoms with Gasteiger partial charge in [0.15, 0.2) is 0 Å². The van der Waals surface area contributed by atoms with Crippen molar-refractivity contribution in [3.05, 3.63) is 36.4 Å². The van der Waals surface area contributed by atoms with Crippen molar-refractivity contribution < 1.29 is 0 Å². The van der Waals surface area contributed by atoms with E-state index in [1.807, 2.05) is 38.5 Å². The molecule has 4 heteroatoms. The van der Waals surface area contributed by atoms with E-state index in [0.29, 0.717) is 0 Å². The number of rotatable bonds is 4. The molecule has 0 aliphatic heterocycles. The quantitative estimate of drug-likeness (QED) is 0.836. The lowest BCUT2D eigenvalue weighted by atomic mass is 10.3. The number of hydrogen-bond acceptors (Lipinski definition) is 3. The van der Waals surface area contributed by atoms with E-state index in [1.165, 1.54) is 0 Å². The predicted octanol–water partition coefficient (Wildman–Crippen LogP) is 1.24. The summed E-state index contributed by atoms with van der Waals surface area (Å²) in [6.45, 7) is 0.937. The number of aromatic nitrogens is 3. The summed E-state index contributed by atoms with van der Waals surface area (Å²) in [5, 5.41) is 3.12. The molecule has 2 heterocycles. The van der Waals surface area contributed by atoms with E-state index >= 15 is 0 Å². The molecule has 84 valence electrons. The van der Waals surface area contributed by atoms with Gasteiger partial charge in [-0.25, -0.2) is 4.98 Å². The van der Waals surface area contributed by atoms with Crippen molar-refractivity contribution >= 4 is 0 Å². The maximum absolute atomic E-state index is 4.41. The molecule has 2 aromatic heterocycles. The second-order valence-corrected chi connectivity index (χ2v) is 3.69. The molecule has 0 atom stereocenters. The van der Waals surface area contributed by atoms with Gasteiger partial charge in [0.2, 0.25) is 0 Å². The third-order valence-electron chi connectivity index (χ3n) is 2.61. The summed E-state index contributed by atoms with van der Waals surface area (Å²) in [7, 11) is 3.98. The highest BCUT2D eigenvalue weighted by Gasteiger charge is 2.08. The van der Waals surface area contributed by atoms with Gasteiger partial charge in [-0.15, -0.1) is 0 Å². The van der Waals surface area contributed by atoms with Crippen LogP contribution in [0.3, 0.4) is 0 Å². The van der Waals surface area contributed by atoms with Crippen LogP contribution >= 0.6 is 0 Å². The molecule has 0 fully saturated rings. The van der Waals surface area contributed by atoms with Gasteiger partial charge in [-0.1, -0.05) is 6.07 Å². The Morgan fingerprint density at radius 3 is 2.88 bits per heavy atom. The van der Waals surface area contributed by atoms with Crippen LogP contribution in [-0.4, -0.2) is 28.1 Å². The Bertz CT molecular complexity index is 447. The first-order chi connectivity index (χ1) is 7.83. The molecular weight excluding hydrogens is 200 g/mol. The molecule has 0 aromatic carbocycles. The zero-order valence-corrected chi connectivity index (χ0v) is 9.64. The highest BCUT2D eigenvalue weighted by Crippen LogP contribution is 2.16. The van der Waals surface area contributed by atoms with Gasteiger partial charge in [-0.2, -0.15) is 0 Å². The highest BCUT2D eigenvalue weighted by atomic mass is 15.1. The Morgan fingerprint density at radius 1 is 1.31 bits per heavy atom. The number of hydrogen-bond donors (Lipinski definition) is 1. The van der Waals surface area contributed by atoms with Crippen LogP contribution in [0.1, 0.15) is 5.82 Å². The van der Waals surface area contributed by atoms with Crippen molar-refractivity contribution in [2.75, 3.05) is 13.6 Å². The molecule has 0 radical (unpaired) electrons. The van der Waals surface area contributed by atoms with Gasteiger partial charge in [0.25, 0.3) is 0 Å². The van der Waals surface area contributed by atoms with Crippen LogP contribution in [0.15, 0.2) is 30.6 Å². The maximum atomic E-state index is 4.41. The summed E-state index contributed by atoms with van der Waals surface area (Å²) in [5.41, 5.74) is 2.03. The van der Waals surface area contributed by atoms with Crippen LogP contribution in [0.25, 0.3) is 11.4 Å². The second-order valence-electron chi connectivity index (χ2n) is 3.69. The fourth-order valence-electron chi connectivity index (χ4n) is 1.67. The lowest BCUT2D eigenvalue weighted by Gasteiger charge is -2.05. The van der Waals surface area contributed by atoms with Crippen molar-refractivity contribution in [2.45, 2.75) is 6.42 Å². The average Bonchev–Trinajstić information content (AvgIpc) is 2.69. The van der Waals surface area contributed by atoms with Gasteiger partial charge in [-0.3, -0.25) is 4.98 Å². The number of nitrogens with zero attached hydrogens (tertiary/aromatic N) is 3. The number of pyridine rings is 1. The lowest BCUT2D eigenvalue weighted by molar-refractivity contribution is 0.719. The van der Waals surface area contributed by atoms with Crippen molar-refractivity contribution in [3.63, 3.8) is 0 Å². The van der Waals surface area contributed by atoms with Gasteiger partial charge < -0.3 is 9.88 Å². The van der Waals surface area contributed by atoms with Crippen LogP contribution < -0.4 is 5.32 Å². The minimum Gasteiger partial charge on any atom is -0.330 e. The van der Waals surface area contributed by atoms with Crippen LogP contribution in [0.5, 0.6) is 0 Å². The molecule has 4 nitrogen and oxygen atoms in total. The molecule has 16 heavy (non-hydrogen) atoms. The lowest BCUT2D eigenvalue weighted by Crippen LogP contribution is -2.13. The van der Waals surface area contributed by atoms with Crippen molar-refractivity contribution in [1.29, 1.82) is 0 Å².